The molecular formula is C16H17N5O4. The van der Waals surface area contributed by atoms with Crippen molar-refractivity contribution in [2.45, 2.75) is 25.3 Å². The number of aromatic nitrogens is 2. The van der Waals surface area contributed by atoms with Crippen molar-refractivity contribution in [3.63, 3.8) is 0 Å². The van der Waals surface area contributed by atoms with E-state index in [0.717, 1.165) is 5.56 Å². The molecule has 9 heteroatoms. The molecule has 1 fully saturated rings. The van der Waals surface area contributed by atoms with Crippen LogP contribution in [-0.4, -0.2) is 40.6 Å². The second-order valence-corrected chi connectivity index (χ2v) is 5.59. The Morgan fingerprint density at radius 1 is 1.24 bits per heavy atom. The van der Waals surface area contributed by atoms with Crippen LogP contribution in [0, 0.1) is 0 Å². The van der Waals surface area contributed by atoms with E-state index in [2.05, 4.69) is 26.1 Å². The van der Waals surface area contributed by atoms with Crippen LogP contribution in [0.2, 0.25) is 0 Å². The maximum Gasteiger partial charge on any atom is 0.322 e. The van der Waals surface area contributed by atoms with Crippen LogP contribution in [0.25, 0.3) is 0 Å². The molecule has 1 aromatic heterocycles. The molecule has 9 nitrogen and oxygen atoms in total. The van der Waals surface area contributed by atoms with Gasteiger partial charge in [0.05, 0.1) is 6.42 Å². The average Bonchev–Trinajstić information content (AvgIpc) is 3.14. The normalized spacial score (nSPS) is 16.4. The van der Waals surface area contributed by atoms with E-state index in [9.17, 15) is 14.4 Å². The van der Waals surface area contributed by atoms with E-state index >= 15 is 0 Å². The van der Waals surface area contributed by atoms with Gasteiger partial charge in [0.1, 0.15) is 6.04 Å². The topological polar surface area (TPSA) is 126 Å². The van der Waals surface area contributed by atoms with Gasteiger partial charge in [0, 0.05) is 19.4 Å². The zero-order chi connectivity index (χ0) is 17.6. The zero-order valence-corrected chi connectivity index (χ0v) is 13.3. The number of imide groups is 1. The molecule has 0 bridgehead atoms. The quantitative estimate of drug-likeness (QED) is 0.604. The number of nitrogens with zero attached hydrogens (tertiary/aromatic N) is 2. The smallest absolute Gasteiger partial charge is 0.322 e. The molecule has 1 atom stereocenters. The number of amides is 4. The van der Waals surface area contributed by atoms with Crippen molar-refractivity contribution in [1.29, 1.82) is 0 Å². The van der Waals surface area contributed by atoms with Gasteiger partial charge in [-0.2, -0.15) is 4.98 Å². The predicted molar refractivity (Wildman–Crippen MR) is 85.3 cm³/mol. The maximum atomic E-state index is 11.8. The first kappa shape index (κ1) is 16.6. The van der Waals surface area contributed by atoms with E-state index in [1.165, 1.54) is 0 Å². The van der Waals surface area contributed by atoms with E-state index in [-0.39, 0.29) is 12.3 Å². The molecule has 1 aromatic carbocycles. The Labute approximate surface area is 143 Å². The summed E-state index contributed by atoms with van der Waals surface area (Å²) in [6.07, 6.45) is 0.852. The summed E-state index contributed by atoms with van der Waals surface area (Å²) in [6, 6.07) is 8.38. The molecule has 0 radical (unpaired) electrons. The van der Waals surface area contributed by atoms with Crippen LogP contribution >= 0.6 is 0 Å². The van der Waals surface area contributed by atoms with E-state index in [1.807, 2.05) is 30.3 Å². The summed E-state index contributed by atoms with van der Waals surface area (Å²) >= 11 is 0. The molecule has 3 rings (SSSR count). The van der Waals surface area contributed by atoms with Crippen LogP contribution in [0.3, 0.4) is 0 Å². The highest BCUT2D eigenvalue weighted by Crippen LogP contribution is 2.06. The number of carbonyl (C=O) groups excluding carboxylic acids is 3. The predicted octanol–water partition coefficient (Wildman–Crippen LogP) is -0.0828. The molecule has 1 aliphatic rings. The molecule has 0 aliphatic carbocycles. The standard InChI is InChI=1S/C16H17N5O4/c22-13(9-11-15(23)20-16(24)18-11)17-7-6-14-19-12(21-25-14)8-10-4-2-1-3-5-10/h1-5,11H,6-9H2,(H,17,22)(H2,18,20,23,24)/t11-/m0/s1. The summed E-state index contributed by atoms with van der Waals surface area (Å²) in [5.41, 5.74) is 1.08. The Balaban J connectivity index is 1.41. The lowest BCUT2D eigenvalue weighted by atomic mass is 10.1. The van der Waals surface area contributed by atoms with Gasteiger partial charge in [-0.25, -0.2) is 4.79 Å². The second kappa shape index (κ2) is 7.56. The summed E-state index contributed by atoms with van der Waals surface area (Å²) in [7, 11) is 0. The van der Waals surface area contributed by atoms with Crippen LogP contribution in [0.5, 0.6) is 0 Å². The number of carbonyl (C=O) groups is 3. The summed E-state index contributed by atoms with van der Waals surface area (Å²) < 4.78 is 5.15. The van der Waals surface area contributed by atoms with Gasteiger partial charge in [0.25, 0.3) is 5.91 Å². The first-order valence-corrected chi connectivity index (χ1v) is 7.83. The first-order chi connectivity index (χ1) is 12.1. The van der Waals surface area contributed by atoms with Gasteiger partial charge in [-0.1, -0.05) is 35.5 Å². The van der Waals surface area contributed by atoms with Crippen molar-refractivity contribution in [2.75, 3.05) is 6.54 Å². The highest BCUT2D eigenvalue weighted by Gasteiger charge is 2.31. The van der Waals surface area contributed by atoms with Crippen molar-refractivity contribution in [1.82, 2.24) is 26.1 Å². The van der Waals surface area contributed by atoms with Crippen molar-refractivity contribution >= 4 is 17.8 Å². The van der Waals surface area contributed by atoms with Gasteiger partial charge in [-0.05, 0) is 5.56 Å². The van der Waals surface area contributed by atoms with Crippen LogP contribution in [0.1, 0.15) is 23.7 Å². The largest absolute Gasteiger partial charge is 0.356 e. The fourth-order valence-electron chi connectivity index (χ4n) is 2.41. The van der Waals surface area contributed by atoms with Crippen molar-refractivity contribution < 1.29 is 18.9 Å². The number of hydrogen-bond acceptors (Lipinski definition) is 6. The maximum absolute atomic E-state index is 11.8. The molecule has 2 heterocycles. The van der Waals surface area contributed by atoms with E-state index in [0.29, 0.717) is 31.1 Å². The summed E-state index contributed by atoms with van der Waals surface area (Å²) in [6.45, 7) is 0.300. The Hall–Kier alpha value is -3.23. The van der Waals surface area contributed by atoms with Crippen LogP contribution < -0.4 is 16.0 Å². The van der Waals surface area contributed by atoms with Gasteiger partial charge in [0.15, 0.2) is 5.82 Å². The number of rotatable bonds is 7. The minimum atomic E-state index is -0.826. The number of hydrogen-bond donors (Lipinski definition) is 3. The van der Waals surface area contributed by atoms with Crippen molar-refractivity contribution in [3.05, 3.63) is 47.6 Å². The van der Waals surface area contributed by atoms with Gasteiger partial charge in [0.2, 0.25) is 11.8 Å². The second-order valence-electron chi connectivity index (χ2n) is 5.59. The SMILES string of the molecule is O=C(C[C@@H]1NC(=O)NC1=O)NCCc1nc(Cc2ccccc2)no1. The Bertz CT molecular complexity index is 774. The Kier molecular flexibility index (Phi) is 5.03. The summed E-state index contributed by atoms with van der Waals surface area (Å²) in [5, 5.41) is 11.0. The lowest BCUT2D eigenvalue weighted by Gasteiger charge is -2.07. The summed E-state index contributed by atoms with van der Waals surface area (Å²) in [4.78, 5) is 38.4. The van der Waals surface area contributed by atoms with Gasteiger partial charge < -0.3 is 15.2 Å². The van der Waals surface area contributed by atoms with Gasteiger partial charge in [-0.15, -0.1) is 0 Å². The van der Waals surface area contributed by atoms with Crippen molar-refractivity contribution in [2.24, 2.45) is 0 Å². The van der Waals surface area contributed by atoms with Crippen LogP contribution in [0.4, 0.5) is 4.79 Å². The van der Waals surface area contributed by atoms with Gasteiger partial charge in [-0.3, -0.25) is 14.9 Å². The molecule has 25 heavy (non-hydrogen) atoms. The lowest BCUT2D eigenvalue weighted by molar-refractivity contribution is -0.126. The fraction of sp³-hybridized carbons (Fsp3) is 0.312. The van der Waals surface area contributed by atoms with E-state index in [1.54, 1.807) is 0 Å². The zero-order valence-electron chi connectivity index (χ0n) is 13.3. The molecule has 0 spiro atoms. The van der Waals surface area contributed by atoms with E-state index in [4.69, 9.17) is 4.52 Å². The Morgan fingerprint density at radius 2 is 2.04 bits per heavy atom. The summed E-state index contributed by atoms with van der Waals surface area (Å²) in [5.74, 6) is 0.171. The third kappa shape index (κ3) is 4.63. The first-order valence-electron chi connectivity index (χ1n) is 7.83. The molecule has 130 valence electrons. The van der Waals surface area contributed by atoms with Crippen LogP contribution in [-0.2, 0) is 22.4 Å². The van der Waals surface area contributed by atoms with E-state index < -0.39 is 18.0 Å². The van der Waals surface area contributed by atoms with Crippen molar-refractivity contribution in [3.8, 4) is 0 Å². The highest BCUT2D eigenvalue weighted by molar-refractivity contribution is 6.05. The molecular weight excluding hydrogens is 326 g/mol. The number of urea groups is 1. The van der Waals surface area contributed by atoms with Crippen LogP contribution in [0.15, 0.2) is 34.9 Å². The molecule has 4 amide bonds. The fourth-order valence-corrected chi connectivity index (χ4v) is 2.41. The number of nitrogens with one attached hydrogen (secondary N) is 3. The minimum Gasteiger partial charge on any atom is -0.356 e. The highest BCUT2D eigenvalue weighted by atomic mass is 16.5. The molecule has 0 unspecified atom stereocenters. The molecule has 3 N–H and O–H groups in total. The average molecular weight is 343 g/mol. The molecule has 1 saturated heterocycles. The Morgan fingerprint density at radius 3 is 2.76 bits per heavy atom. The van der Waals surface area contributed by atoms with Gasteiger partial charge >= 0.3 is 6.03 Å². The third-order valence-electron chi connectivity index (χ3n) is 3.62. The number of benzene rings is 1. The molecule has 0 saturated carbocycles. The monoisotopic (exact) mass is 343 g/mol. The minimum absolute atomic E-state index is 0.110. The third-order valence-corrected chi connectivity index (χ3v) is 3.62. The molecule has 2 aromatic rings. The molecule has 1 aliphatic heterocycles. The lowest BCUT2D eigenvalue weighted by Crippen LogP contribution is -2.36.